The molecule has 0 aliphatic carbocycles. The number of piperidine rings is 1. The largest absolute Gasteiger partial charge is 0.348 e. The molecule has 2 aromatic rings. The Morgan fingerprint density at radius 2 is 2.00 bits per heavy atom. The molecule has 4 nitrogen and oxygen atoms in total. The normalized spacial score (nSPS) is 26.2. The van der Waals surface area contributed by atoms with E-state index in [0.29, 0.717) is 27.5 Å². The van der Waals surface area contributed by atoms with Crippen LogP contribution >= 0.6 is 11.3 Å². The van der Waals surface area contributed by atoms with Gasteiger partial charge in [-0.25, -0.2) is 9.37 Å². The van der Waals surface area contributed by atoms with Crippen LogP contribution in [0, 0.1) is 5.82 Å². The summed E-state index contributed by atoms with van der Waals surface area (Å²) in [4.78, 5) is 17.2. The van der Waals surface area contributed by atoms with Gasteiger partial charge in [-0.15, -0.1) is 11.3 Å². The second kappa shape index (κ2) is 6.02. The predicted octanol–water partition coefficient (Wildman–Crippen LogP) is 2.96. The number of carbonyl (C=O) groups is 1. The number of benzene rings is 1. The number of fused-ring (bicyclic) bond motifs is 2. The third-order valence-electron chi connectivity index (χ3n) is 4.64. The molecule has 2 bridgehead atoms. The molecule has 2 saturated heterocycles. The molecule has 2 unspecified atom stereocenters. The van der Waals surface area contributed by atoms with E-state index < -0.39 is 0 Å². The lowest BCUT2D eigenvalue weighted by molar-refractivity contribution is 0.0928. The highest BCUT2D eigenvalue weighted by atomic mass is 32.1. The van der Waals surface area contributed by atoms with Gasteiger partial charge >= 0.3 is 0 Å². The molecule has 0 radical (unpaired) electrons. The number of amides is 1. The fourth-order valence-corrected chi connectivity index (χ4v) is 4.42. The van der Waals surface area contributed by atoms with Gasteiger partial charge in [0, 0.05) is 23.7 Å². The smallest absolute Gasteiger partial charge is 0.263 e. The maximum atomic E-state index is 13.8. The maximum Gasteiger partial charge on any atom is 0.263 e. The molecular formula is C17H18FN3OS. The van der Waals surface area contributed by atoms with Crippen LogP contribution in [-0.4, -0.2) is 29.0 Å². The third kappa shape index (κ3) is 3.01. The van der Waals surface area contributed by atoms with Crippen molar-refractivity contribution in [3.05, 3.63) is 41.2 Å². The summed E-state index contributed by atoms with van der Waals surface area (Å²) in [6.07, 6.45) is 5.92. The monoisotopic (exact) mass is 331 g/mol. The molecule has 1 aromatic heterocycles. The Kier molecular flexibility index (Phi) is 3.87. The SMILES string of the molecule is O=C(NC1CC2CCC(C1)N2)c1cnc(-c2ccccc2F)s1. The molecule has 2 N–H and O–H groups in total. The summed E-state index contributed by atoms with van der Waals surface area (Å²) >= 11 is 1.24. The van der Waals surface area contributed by atoms with E-state index in [-0.39, 0.29) is 17.8 Å². The third-order valence-corrected chi connectivity index (χ3v) is 5.67. The van der Waals surface area contributed by atoms with Gasteiger partial charge in [-0.3, -0.25) is 4.79 Å². The molecule has 6 heteroatoms. The summed E-state index contributed by atoms with van der Waals surface area (Å²) in [5.74, 6) is -0.417. The number of nitrogens with zero attached hydrogens (tertiary/aromatic N) is 1. The molecule has 3 heterocycles. The van der Waals surface area contributed by atoms with Crippen molar-refractivity contribution in [2.75, 3.05) is 0 Å². The van der Waals surface area contributed by atoms with E-state index in [1.165, 1.54) is 36.4 Å². The van der Waals surface area contributed by atoms with Gasteiger partial charge in [-0.2, -0.15) is 0 Å². The Morgan fingerprint density at radius 1 is 1.26 bits per heavy atom. The zero-order chi connectivity index (χ0) is 15.8. The highest BCUT2D eigenvalue weighted by molar-refractivity contribution is 7.16. The van der Waals surface area contributed by atoms with E-state index in [1.807, 2.05) is 0 Å². The number of hydrogen-bond acceptors (Lipinski definition) is 4. The lowest BCUT2D eigenvalue weighted by Gasteiger charge is -2.29. The zero-order valence-electron chi connectivity index (χ0n) is 12.6. The molecule has 1 aromatic carbocycles. The summed E-state index contributed by atoms with van der Waals surface area (Å²) in [5.41, 5.74) is 0.441. The highest BCUT2D eigenvalue weighted by Gasteiger charge is 2.34. The first-order valence-electron chi connectivity index (χ1n) is 7.96. The topological polar surface area (TPSA) is 54.0 Å². The Morgan fingerprint density at radius 3 is 2.74 bits per heavy atom. The molecule has 2 atom stereocenters. The number of carbonyl (C=O) groups excluding carboxylic acids is 1. The number of halogens is 1. The van der Waals surface area contributed by atoms with Gasteiger partial charge in [0.05, 0.1) is 6.20 Å². The minimum Gasteiger partial charge on any atom is -0.348 e. The van der Waals surface area contributed by atoms with E-state index in [0.717, 1.165) is 12.8 Å². The van der Waals surface area contributed by atoms with Gasteiger partial charge in [0.15, 0.2) is 0 Å². The van der Waals surface area contributed by atoms with Crippen molar-refractivity contribution in [2.45, 2.75) is 43.8 Å². The van der Waals surface area contributed by atoms with E-state index in [4.69, 9.17) is 0 Å². The van der Waals surface area contributed by atoms with Gasteiger partial charge in [0.1, 0.15) is 15.7 Å². The van der Waals surface area contributed by atoms with Gasteiger partial charge in [-0.05, 0) is 37.8 Å². The van der Waals surface area contributed by atoms with Gasteiger partial charge in [0.25, 0.3) is 5.91 Å². The Hall–Kier alpha value is -1.79. The first-order valence-corrected chi connectivity index (χ1v) is 8.78. The molecular weight excluding hydrogens is 313 g/mol. The summed E-state index contributed by atoms with van der Waals surface area (Å²) in [6, 6.07) is 7.79. The van der Waals surface area contributed by atoms with Crippen LogP contribution in [0.4, 0.5) is 4.39 Å². The lowest BCUT2D eigenvalue weighted by atomic mass is 10.00. The molecule has 1 amide bonds. The first-order chi connectivity index (χ1) is 11.2. The van der Waals surface area contributed by atoms with Crippen molar-refractivity contribution in [3.8, 4) is 10.6 Å². The molecule has 2 fully saturated rings. The molecule has 2 aliphatic rings. The Bertz CT molecular complexity index is 720. The second-order valence-electron chi connectivity index (χ2n) is 6.29. The van der Waals surface area contributed by atoms with Gasteiger partial charge < -0.3 is 10.6 Å². The van der Waals surface area contributed by atoms with Crippen molar-refractivity contribution in [1.29, 1.82) is 0 Å². The number of aromatic nitrogens is 1. The Balaban J connectivity index is 1.46. The van der Waals surface area contributed by atoms with E-state index in [2.05, 4.69) is 15.6 Å². The van der Waals surface area contributed by atoms with Crippen molar-refractivity contribution >= 4 is 17.2 Å². The predicted molar refractivity (Wildman–Crippen MR) is 87.9 cm³/mol. The summed E-state index contributed by atoms with van der Waals surface area (Å²) < 4.78 is 13.8. The number of nitrogens with one attached hydrogen (secondary N) is 2. The highest BCUT2D eigenvalue weighted by Crippen LogP contribution is 2.29. The van der Waals surface area contributed by atoms with Crippen LogP contribution in [0.15, 0.2) is 30.5 Å². The summed E-state index contributed by atoms with van der Waals surface area (Å²) in [6.45, 7) is 0. The van der Waals surface area contributed by atoms with Crippen LogP contribution < -0.4 is 10.6 Å². The molecule has 0 saturated carbocycles. The standard InChI is InChI=1S/C17H18FN3OS/c18-14-4-2-1-3-13(14)17-19-9-15(23-17)16(22)21-12-7-10-5-6-11(8-12)20-10/h1-4,9-12,20H,5-8H2,(H,21,22). The molecule has 2 aliphatic heterocycles. The van der Waals surface area contributed by atoms with E-state index >= 15 is 0 Å². The zero-order valence-corrected chi connectivity index (χ0v) is 13.4. The average molecular weight is 331 g/mol. The van der Waals surface area contributed by atoms with Crippen LogP contribution in [0.3, 0.4) is 0 Å². The Labute approximate surface area is 138 Å². The van der Waals surface area contributed by atoms with Gasteiger partial charge in [-0.1, -0.05) is 12.1 Å². The minimum absolute atomic E-state index is 0.101. The fourth-order valence-electron chi connectivity index (χ4n) is 3.57. The first kappa shape index (κ1) is 14.8. The van der Waals surface area contributed by atoms with Crippen LogP contribution in [0.5, 0.6) is 0 Å². The second-order valence-corrected chi connectivity index (χ2v) is 7.32. The van der Waals surface area contributed by atoms with E-state index in [1.54, 1.807) is 18.2 Å². The summed E-state index contributed by atoms with van der Waals surface area (Å²) in [7, 11) is 0. The van der Waals surface area contributed by atoms with Crippen molar-refractivity contribution in [2.24, 2.45) is 0 Å². The average Bonchev–Trinajstić information content (AvgIpc) is 3.15. The molecule has 23 heavy (non-hydrogen) atoms. The lowest BCUT2D eigenvalue weighted by Crippen LogP contribution is -2.47. The van der Waals surface area contributed by atoms with Crippen LogP contribution in [0.25, 0.3) is 10.6 Å². The van der Waals surface area contributed by atoms with Crippen LogP contribution in [-0.2, 0) is 0 Å². The molecule has 0 spiro atoms. The maximum absolute atomic E-state index is 13.8. The minimum atomic E-state index is -0.316. The quantitative estimate of drug-likeness (QED) is 0.909. The van der Waals surface area contributed by atoms with Crippen molar-refractivity contribution in [3.63, 3.8) is 0 Å². The fraction of sp³-hybridized carbons (Fsp3) is 0.412. The van der Waals surface area contributed by atoms with Crippen LogP contribution in [0.1, 0.15) is 35.4 Å². The van der Waals surface area contributed by atoms with Crippen LogP contribution in [0.2, 0.25) is 0 Å². The number of hydrogen-bond donors (Lipinski definition) is 2. The van der Waals surface area contributed by atoms with Crippen molar-refractivity contribution < 1.29 is 9.18 Å². The van der Waals surface area contributed by atoms with E-state index in [9.17, 15) is 9.18 Å². The summed E-state index contributed by atoms with van der Waals surface area (Å²) in [5, 5.41) is 7.22. The number of rotatable bonds is 3. The molecule has 120 valence electrons. The van der Waals surface area contributed by atoms with Crippen molar-refractivity contribution in [1.82, 2.24) is 15.6 Å². The number of thiazole rings is 1. The van der Waals surface area contributed by atoms with Gasteiger partial charge in [0.2, 0.25) is 0 Å². The molecule has 4 rings (SSSR count).